The molecule has 0 unspecified atom stereocenters. The Kier molecular flexibility index (Phi) is 4.17. The maximum Gasteiger partial charge on any atom is 0.416 e. The number of benzene rings is 1. The van der Waals surface area contributed by atoms with Gasteiger partial charge in [-0.25, -0.2) is 0 Å². The number of rotatable bonds is 2. The third-order valence-electron chi connectivity index (χ3n) is 3.21. The van der Waals surface area contributed by atoms with Gasteiger partial charge in [-0.3, -0.25) is 0 Å². The van der Waals surface area contributed by atoms with Crippen molar-refractivity contribution in [2.45, 2.75) is 25.1 Å². The molecule has 5 heteroatoms. The van der Waals surface area contributed by atoms with Crippen molar-refractivity contribution in [1.29, 1.82) is 0 Å². The van der Waals surface area contributed by atoms with Crippen LogP contribution >= 0.6 is 11.6 Å². The van der Waals surface area contributed by atoms with Crippen molar-refractivity contribution >= 4 is 11.6 Å². The van der Waals surface area contributed by atoms with Crippen molar-refractivity contribution in [3.05, 3.63) is 35.4 Å². The maximum atomic E-state index is 12.5. The van der Waals surface area contributed by atoms with Gasteiger partial charge in [0.05, 0.1) is 11.7 Å². The van der Waals surface area contributed by atoms with E-state index in [4.69, 9.17) is 16.3 Å². The predicted molar refractivity (Wildman–Crippen MR) is 63.6 cm³/mol. The van der Waals surface area contributed by atoms with Crippen molar-refractivity contribution in [2.24, 2.45) is 5.92 Å². The first-order chi connectivity index (χ1) is 8.52. The molecule has 1 aromatic carbocycles. The van der Waals surface area contributed by atoms with Gasteiger partial charge in [0, 0.05) is 18.4 Å². The van der Waals surface area contributed by atoms with E-state index in [1.54, 1.807) is 0 Å². The van der Waals surface area contributed by atoms with Crippen LogP contribution in [0.5, 0.6) is 0 Å². The largest absolute Gasteiger partial charge is 0.416 e. The Morgan fingerprint density at radius 1 is 1.22 bits per heavy atom. The summed E-state index contributed by atoms with van der Waals surface area (Å²) in [5.41, 5.74) is 0.137. The van der Waals surface area contributed by atoms with Crippen LogP contribution < -0.4 is 0 Å². The molecule has 0 aliphatic carbocycles. The topological polar surface area (TPSA) is 9.23 Å². The van der Waals surface area contributed by atoms with Crippen molar-refractivity contribution in [2.75, 3.05) is 12.5 Å². The van der Waals surface area contributed by atoms with Gasteiger partial charge in [0.2, 0.25) is 0 Å². The fraction of sp³-hybridized carbons (Fsp3) is 0.538. The smallest absolute Gasteiger partial charge is 0.373 e. The van der Waals surface area contributed by atoms with E-state index in [1.807, 2.05) is 0 Å². The first-order valence-electron chi connectivity index (χ1n) is 5.87. The van der Waals surface area contributed by atoms with Crippen LogP contribution in [0.25, 0.3) is 0 Å². The van der Waals surface area contributed by atoms with Gasteiger partial charge < -0.3 is 4.74 Å². The molecule has 0 amide bonds. The Hall–Kier alpha value is -0.740. The summed E-state index contributed by atoms with van der Waals surface area (Å²) in [7, 11) is 0. The molecule has 1 heterocycles. The summed E-state index contributed by atoms with van der Waals surface area (Å²) >= 11 is 5.87. The summed E-state index contributed by atoms with van der Waals surface area (Å²) in [4.78, 5) is 0. The van der Waals surface area contributed by atoms with Gasteiger partial charge in [-0.15, -0.1) is 11.6 Å². The van der Waals surface area contributed by atoms with Crippen molar-refractivity contribution in [3.8, 4) is 0 Å². The Morgan fingerprint density at radius 2 is 1.89 bits per heavy atom. The van der Waals surface area contributed by atoms with Crippen molar-refractivity contribution in [3.63, 3.8) is 0 Å². The first-order valence-corrected chi connectivity index (χ1v) is 6.40. The van der Waals surface area contributed by atoms with Crippen LogP contribution in [-0.2, 0) is 10.9 Å². The van der Waals surface area contributed by atoms with E-state index in [0.29, 0.717) is 12.5 Å². The monoisotopic (exact) mass is 278 g/mol. The molecule has 1 aliphatic heterocycles. The van der Waals surface area contributed by atoms with Gasteiger partial charge in [-0.2, -0.15) is 13.2 Å². The van der Waals surface area contributed by atoms with E-state index in [-0.39, 0.29) is 12.0 Å². The summed E-state index contributed by atoms with van der Waals surface area (Å²) in [5, 5.41) is 0. The van der Waals surface area contributed by atoms with E-state index in [9.17, 15) is 13.2 Å². The Morgan fingerprint density at radius 3 is 2.44 bits per heavy atom. The van der Waals surface area contributed by atoms with E-state index < -0.39 is 11.7 Å². The molecule has 0 aromatic heterocycles. The first kappa shape index (κ1) is 13.7. The zero-order valence-electron chi connectivity index (χ0n) is 9.71. The molecular formula is C13H14ClF3O. The molecule has 1 fully saturated rings. The molecule has 0 saturated carbocycles. The van der Waals surface area contributed by atoms with Gasteiger partial charge in [0.15, 0.2) is 0 Å². The van der Waals surface area contributed by atoms with Crippen molar-refractivity contribution in [1.82, 2.24) is 0 Å². The summed E-state index contributed by atoms with van der Waals surface area (Å²) in [6, 6.07) is 5.16. The molecule has 1 aliphatic rings. The summed E-state index contributed by atoms with van der Waals surface area (Å²) < 4.78 is 43.0. The molecule has 1 nitrogen and oxygen atoms in total. The van der Waals surface area contributed by atoms with Gasteiger partial charge in [0.25, 0.3) is 0 Å². The number of ether oxygens (including phenoxy) is 1. The fourth-order valence-electron chi connectivity index (χ4n) is 2.23. The second kappa shape index (κ2) is 5.49. The van der Waals surface area contributed by atoms with Gasteiger partial charge in [-0.1, -0.05) is 12.1 Å². The standard InChI is InChI=1S/C13H14ClF3O/c14-8-10-2-1-7-18-12(10)9-3-5-11(6-4-9)13(15,16)17/h3-6,10,12H,1-2,7-8H2/t10-,12-/m0/s1. The average Bonchev–Trinajstić information content (AvgIpc) is 2.38. The van der Waals surface area contributed by atoms with E-state index in [2.05, 4.69) is 0 Å². The third-order valence-corrected chi connectivity index (χ3v) is 3.61. The zero-order chi connectivity index (χ0) is 13.2. The predicted octanol–water partition coefficient (Wildman–Crippen LogP) is 4.41. The lowest BCUT2D eigenvalue weighted by Crippen LogP contribution is -2.23. The minimum Gasteiger partial charge on any atom is -0.373 e. The van der Waals surface area contributed by atoms with E-state index in [1.165, 1.54) is 12.1 Å². The molecular weight excluding hydrogens is 265 g/mol. The SMILES string of the molecule is FC(F)(F)c1ccc([C@@H]2OCCC[C@H]2CCl)cc1. The van der Waals surface area contributed by atoms with E-state index >= 15 is 0 Å². The second-order valence-electron chi connectivity index (χ2n) is 4.47. The minimum atomic E-state index is -4.29. The highest BCUT2D eigenvalue weighted by molar-refractivity contribution is 6.18. The molecule has 0 spiro atoms. The average molecular weight is 279 g/mol. The minimum absolute atomic E-state index is 0.178. The lowest BCUT2D eigenvalue weighted by atomic mass is 9.90. The number of hydrogen-bond donors (Lipinski definition) is 0. The van der Waals surface area contributed by atoms with Crippen molar-refractivity contribution < 1.29 is 17.9 Å². The molecule has 18 heavy (non-hydrogen) atoms. The van der Waals surface area contributed by atoms with E-state index in [0.717, 1.165) is 30.5 Å². The summed E-state index contributed by atoms with van der Waals surface area (Å²) in [5.74, 6) is 0.642. The molecule has 1 saturated heterocycles. The van der Waals surface area contributed by atoms with Gasteiger partial charge in [-0.05, 0) is 30.5 Å². The highest BCUT2D eigenvalue weighted by Crippen LogP contribution is 2.36. The molecule has 2 rings (SSSR count). The molecule has 100 valence electrons. The Bertz CT molecular complexity index is 388. The molecule has 1 aromatic rings. The van der Waals surface area contributed by atoms with Gasteiger partial charge >= 0.3 is 6.18 Å². The number of hydrogen-bond acceptors (Lipinski definition) is 1. The third kappa shape index (κ3) is 2.98. The maximum absolute atomic E-state index is 12.5. The summed E-state index contributed by atoms with van der Waals surface area (Å²) in [6.07, 6.45) is -2.57. The Labute approximate surface area is 109 Å². The molecule has 2 atom stereocenters. The second-order valence-corrected chi connectivity index (χ2v) is 4.78. The molecule has 0 radical (unpaired) electrons. The van der Waals surface area contributed by atoms with Crippen LogP contribution in [0, 0.1) is 5.92 Å². The Balaban J connectivity index is 2.18. The van der Waals surface area contributed by atoms with Gasteiger partial charge in [0.1, 0.15) is 0 Å². The fourth-order valence-corrected chi connectivity index (χ4v) is 2.55. The molecule has 0 bridgehead atoms. The van der Waals surface area contributed by atoms with Crippen LogP contribution in [-0.4, -0.2) is 12.5 Å². The number of halogens is 4. The normalized spacial score (nSPS) is 25.1. The lowest BCUT2D eigenvalue weighted by molar-refractivity contribution is -0.137. The van der Waals surface area contributed by atoms with Crippen LogP contribution in [0.4, 0.5) is 13.2 Å². The summed E-state index contributed by atoms with van der Waals surface area (Å²) in [6.45, 7) is 0.638. The highest BCUT2D eigenvalue weighted by Gasteiger charge is 2.31. The van der Waals surface area contributed by atoms with Crippen LogP contribution in [0.1, 0.15) is 30.1 Å². The number of alkyl halides is 4. The van der Waals surface area contributed by atoms with Crippen LogP contribution in [0.3, 0.4) is 0 Å². The molecule has 0 N–H and O–H groups in total. The van der Waals surface area contributed by atoms with Crippen LogP contribution in [0.15, 0.2) is 24.3 Å². The zero-order valence-corrected chi connectivity index (χ0v) is 10.5. The quantitative estimate of drug-likeness (QED) is 0.728. The highest BCUT2D eigenvalue weighted by atomic mass is 35.5. The van der Waals surface area contributed by atoms with Crippen LogP contribution in [0.2, 0.25) is 0 Å². The lowest BCUT2D eigenvalue weighted by Gasteiger charge is -2.30.